The number of nitrogens with one attached hydrogen (secondary N) is 3. The van der Waals surface area contributed by atoms with E-state index >= 15 is 0 Å². The monoisotopic (exact) mass is 457 g/mol. The van der Waals surface area contributed by atoms with Crippen LogP contribution in [-0.2, 0) is 6.42 Å². The molecule has 0 aliphatic heterocycles. The Hall–Kier alpha value is -4.64. The van der Waals surface area contributed by atoms with Crippen molar-refractivity contribution in [1.29, 1.82) is 0 Å². The van der Waals surface area contributed by atoms with Gasteiger partial charge in [-0.25, -0.2) is 4.98 Å². The van der Waals surface area contributed by atoms with Crippen molar-refractivity contribution in [3.63, 3.8) is 0 Å². The van der Waals surface area contributed by atoms with Gasteiger partial charge in [-0.3, -0.25) is 5.10 Å². The van der Waals surface area contributed by atoms with Gasteiger partial charge in [0.1, 0.15) is 0 Å². The van der Waals surface area contributed by atoms with Crippen molar-refractivity contribution < 1.29 is 0 Å². The van der Waals surface area contributed by atoms with Crippen LogP contribution in [0.2, 0.25) is 0 Å². The van der Waals surface area contributed by atoms with Crippen molar-refractivity contribution in [1.82, 2.24) is 25.5 Å². The third-order valence-electron chi connectivity index (χ3n) is 5.97. The molecule has 35 heavy (non-hydrogen) atoms. The zero-order valence-corrected chi connectivity index (χ0v) is 19.7. The fourth-order valence-electron chi connectivity index (χ4n) is 4.21. The first-order valence-electron chi connectivity index (χ1n) is 11.6. The van der Waals surface area contributed by atoms with E-state index in [4.69, 9.17) is 0 Å². The zero-order chi connectivity index (χ0) is 24.2. The average molecular weight is 458 g/mol. The lowest BCUT2D eigenvalue weighted by Crippen LogP contribution is -2.12. The molecule has 0 amide bonds. The lowest BCUT2D eigenvalue weighted by Gasteiger charge is -2.12. The van der Waals surface area contributed by atoms with Crippen LogP contribution in [0.5, 0.6) is 0 Å². The SMILES string of the molecule is C=C/C(=C\C(=C/C)c1cnc2n[nH]c(-c3cc4ccccc4[nH]3)c2c1)NC(=C)Cc1ccccc1. The average Bonchev–Trinajstić information content (AvgIpc) is 3.50. The summed E-state index contributed by atoms with van der Waals surface area (Å²) in [5.41, 5.74) is 8.68. The number of H-pyrrole nitrogens is 2. The molecule has 3 heterocycles. The van der Waals surface area contributed by atoms with E-state index in [9.17, 15) is 0 Å². The molecule has 0 spiro atoms. The van der Waals surface area contributed by atoms with Crippen LogP contribution < -0.4 is 5.32 Å². The molecular formula is C30H27N5. The molecular weight excluding hydrogens is 430 g/mol. The van der Waals surface area contributed by atoms with Crippen LogP contribution in [0.3, 0.4) is 0 Å². The molecule has 2 aromatic carbocycles. The predicted octanol–water partition coefficient (Wildman–Crippen LogP) is 6.93. The molecule has 0 bridgehead atoms. The van der Waals surface area contributed by atoms with Crippen molar-refractivity contribution >= 4 is 27.5 Å². The molecule has 5 aromatic rings. The van der Waals surface area contributed by atoms with Crippen LogP contribution in [0, 0.1) is 0 Å². The topological polar surface area (TPSA) is 69.4 Å². The Morgan fingerprint density at radius 3 is 2.63 bits per heavy atom. The zero-order valence-electron chi connectivity index (χ0n) is 19.7. The summed E-state index contributed by atoms with van der Waals surface area (Å²) in [5.74, 6) is 0. The molecule has 3 N–H and O–H groups in total. The minimum absolute atomic E-state index is 0.681. The summed E-state index contributed by atoms with van der Waals surface area (Å²) in [6.07, 6.45) is 8.53. The summed E-state index contributed by atoms with van der Waals surface area (Å²) in [7, 11) is 0. The van der Waals surface area contributed by atoms with Crippen LogP contribution >= 0.6 is 0 Å². The Kier molecular flexibility index (Phi) is 6.14. The third kappa shape index (κ3) is 4.70. The number of aromatic nitrogens is 4. The van der Waals surface area contributed by atoms with Gasteiger partial charge in [0, 0.05) is 45.9 Å². The van der Waals surface area contributed by atoms with Crippen LogP contribution in [-0.4, -0.2) is 20.2 Å². The minimum atomic E-state index is 0.681. The number of rotatable bonds is 8. The van der Waals surface area contributed by atoms with Crippen molar-refractivity contribution in [2.24, 2.45) is 0 Å². The third-order valence-corrected chi connectivity index (χ3v) is 5.97. The summed E-state index contributed by atoms with van der Waals surface area (Å²) in [6, 6.07) is 22.8. The first-order chi connectivity index (χ1) is 17.1. The highest BCUT2D eigenvalue weighted by molar-refractivity contribution is 5.96. The first-order valence-corrected chi connectivity index (χ1v) is 11.6. The highest BCUT2D eigenvalue weighted by atomic mass is 15.2. The van der Waals surface area contributed by atoms with Crippen LogP contribution in [0.25, 0.3) is 38.9 Å². The maximum Gasteiger partial charge on any atom is 0.181 e. The molecule has 172 valence electrons. The summed E-state index contributed by atoms with van der Waals surface area (Å²) < 4.78 is 0. The normalized spacial score (nSPS) is 12.3. The number of benzene rings is 2. The van der Waals surface area contributed by atoms with E-state index in [2.05, 4.69) is 87.2 Å². The van der Waals surface area contributed by atoms with Gasteiger partial charge < -0.3 is 10.3 Å². The number of para-hydroxylation sites is 1. The number of allylic oxidation sites excluding steroid dienone is 5. The second kappa shape index (κ2) is 9.69. The van der Waals surface area contributed by atoms with Crippen molar-refractivity contribution in [2.75, 3.05) is 0 Å². The lowest BCUT2D eigenvalue weighted by molar-refractivity contribution is 0.942. The van der Waals surface area contributed by atoms with Gasteiger partial charge in [0.25, 0.3) is 0 Å². The predicted molar refractivity (Wildman–Crippen MR) is 146 cm³/mol. The summed E-state index contributed by atoms with van der Waals surface area (Å²) in [5, 5.41) is 13.1. The van der Waals surface area contributed by atoms with Gasteiger partial charge >= 0.3 is 0 Å². The molecule has 0 fully saturated rings. The number of aromatic amines is 2. The summed E-state index contributed by atoms with van der Waals surface area (Å²) in [4.78, 5) is 8.09. The fourth-order valence-corrected chi connectivity index (χ4v) is 4.21. The van der Waals surface area contributed by atoms with E-state index in [1.54, 1.807) is 6.08 Å². The van der Waals surface area contributed by atoms with E-state index in [0.29, 0.717) is 5.65 Å². The smallest absolute Gasteiger partial charge is 0.181 e. The maximum atomic E-state index is 4.61. The highest BCUT2D eigenvalue weighted by Crippen LogP contribution is 2.30. The van der Waals surface area contributed by atoms with Crippen LogP contribution in [0.15, 0.2) is 116 Å². The van der Waals surface area contributed by atoms with Gasteiger partial charge in [0.2, 0.25) is 0 Å². The highest BCUT2D eigenvalue weighted by Gasteiger charge is 2.13. The number of hydrogen-bond donors (Lipinski definition) is 3. The molecule has 5 heteroatoms. The van der Waals surface area contributed by atoms with E-state index < -0.39 is 0 Å². The second-order valence-corrected chi connectivity index (χ2v) is 8.40. The van der Waals surface area contributed by atoms with E-state index in [1.807, 2.05) is 43.5 Å². The Bertz CT molecular complexity index is 1550. The summed E-state index contributed by atoms with van der Waals surface area (Å²) >= 11 is 0. The molecule has 0 saturated carbocycles. The molecule has 0 unspecified atom stereocenters. The Morgan fingerprint density at radius 2 is 1.86 bits per heavy atom. The first kappa shape index (κ1) is 22.2. The molecule has 0 saturated heterocycles. The van der Waals surface area contributed by atoms with Gasteiger partial charge in [0.15, 0.2) is 5.65 Å². The second-order valence-electron chi connectivity index (χ2n) is 8.40. The van der Waals surface area contributed by atoms with Gasteiger partial charge in [0.05, 0.1) is 11.4 Å². The fraction of sp³-hybridized carbons (Fsp3) is 0.0667. The van der Waals surface area contributed by atoms with Gasteiger partial charge in [-0.2, -0.15) is 5.10 Å². The number of nitrogens with zero attached hydrogens (tertiary/aromatic N) is 2. The Morgan fingerprint density at radius 1 is 1.06 bits per heavy atom. The van der Waals surface area contributed by atoms with E-state index in [-0.39, 0.29) is 0 Å². The molecule has 0 radical (unpaired) electrons. The van der Waals surface area contributed by atoms with Crippen molar-refractivity contribution in [3.05, 3.63) is 127 Å². The molecule has 3 aromatic heterocycles. The van der Waals surface area contributed by atoms with Gasteiger partial charge in [-0.15, -0.1) is 0 Å². The number of pyridine rings is 1. The maximum absolute atomic E-state index is 4.61. The Balaban J connectivity index is 1.43. The molecule has 5 nitrogen and oxygen atoms in total. The van der Waals surface area contributed by atoms with E-state index in [1.165, 1.54) is 5.56 Å². The quantitative estimate of drug-likeness (QED) is 0.221. The molecule has 0 aliphatic rings. The number of fused-ring (bicyclic) bond motifs is 2. The largest absolute Gasteiger partial charge is 0.359 e. The van der Waals surface area contributed by atoms with Crippen molar-refractivity contribution in [3.8, 4) is 11.4 Å². The van der Waals surface area contributed by atoms with Gasteiger partial charge in [-0.05, 0) is 48.4 Å². The molecule has 0 aliphatic carbocycles. The van der Waals surface area contributed by atoms with Crippen LogP contribution in [0.4, 0.5) is 0 Å². The van der Waals surface area contributed by atoms with E-state index in [0.717, 1.165) is 56.6 Å². The standard InChI is InChI=1S/C30H27N5/c1-4-22(16-25(5-2)32-20(3)15-21-11-7-6-8-12-21)24-17-26-29(34-35-30(26)31-19-24)28-18-23-13-9-10-14-27(23)33-28/h4-14,16-19,32-33H,2-3,15H2,1H3,(H,31,34,35)/b22-4+,25-16+. The summed E-state index contributed by atoms with van der Waals surface area (Å²) in [6.45, 7) is 10.2. The molecule has 5 rings (SSSR count). The van der Waals surface area contributed by atoms with Crippen LogP contribution in [0.1, 0.15) is 18.1 Å². The Labute approximate surface area is 204 Å². The lowest BCUT2D eigenvalue weighted by atomic mass is 10.0. The minimum Gasteiger partial charge on any atom is -0.359 e. The number of hydrogen-bond acceptors (Lipinski definition) is 3. The van der Waals surface area contributed by atoms with Crippen molar-refractivity contribution in [2.45, 2.75) is 13.3 Å². The molecule has 0 atom stereocenters. The van der Waals surface area contributed by atoms with Gasteiger partial charge in [-0.1, -0.05) is 67.8 Å².